The number of hydrogen-bond acceptors (Lipinski definition) is 6. The Hall–Kier alpha value is -2.36. The van der Waals surface area contributed by atoms with E-state index in [4.69, 9.17) is 22.7 Å². The smallest absolute Gasteiger partial charge is 0.239 e. The van der Waals surface area contributed by atoms with Gasteiger partial charge in [0.05, 0.1) is 17.4 Å². The molecule has 1 aromatic carbocycles. The molecule has 0 radical (unpaired) electrons. The van der Waals surface area contributed by atoms with Crippen molar-refractivity contribution >= 4 is 29.1 Å². The second-order valence-electron chi connectivity index (χ2n) is 3.77. The lowest BCUT2D eigenvalue weighted by Crippen LogP contribution is -2.11. The number of nitrogens with one attached hydrogen (secondary N) is 2. The summed E-state index contributed by atoms with van der Waals surface area (Å²) < 4.78 is 0. The number of rotatable bonds is 3. The summed E-state index contributed by atoms with van der Waals surface area (Å²) >= 11 is 6.00. The van der Waals surface area contributed by atoms with Crippen LogP contribution in [0.1, 0.15) is 11.1 Å². The fraction of sp³-hybridized carbons (Fsp3) is 0.0833. The predicted octanol–water partition coefficient (Wildman–Crippen LogP) is 2.34. The second kappa shape index (κ2) is 5.52. The number of nitrogen functional groups attached to an aromatic ring is 1. The van der Waals surface area contributed by atoms with Gasteiger partial charge in [0.15, 0.2) is 5.82 Å². The third-order valence-electron chi connectivity index (χ3n) is 2.51. The number of benzene rings is 1. The van der Waals surface area contributed by atoms with Gasteiger partial charge in [-0.2, -0.15) is 10.2 Å². The maximum atomic E-state index is 9.16. The van der Waals surface area contributed by atoms with E-state index in [1.165, 1.54) is 6.20 Å². The Labute approximate surface area is 115 Å². The summed E-state index contributed by atoms with van der Waals surface area (Å²) in [7, 11) is 0. The van der Waals surface area contributed by atoms with E-state index >= 15 is 0 Å². The van der Waals surface area contributed by atoms with Gasteiger partial charge < -0.3 is 5.32 Å². The number of nitrogens with two attached hydrogens (primary N) is 1. The van der Waals surface area contributed by atoms with Gasteiger partial charge in [0.25, 0.3) is 0 Å². The van der Waals surface area contributed by atoms with Crippen LogP contribution in [-0.4, -0.2) is 9.97 Å². The molecule has 0 saturated carbocycles. The number of aromatic nitrogens is 2. The molecule has 0 spiro atoms. The summed E-state index contributed by atoms with van der Waals surface area (Å²) in [6.45, 7) is 1.86. The van der Waals surface area contributed by atoms with Crippen molar-refractivity contribution in [2.75, 3.05) is 10.7 Å². The first-order valence-electron chi connectivity index (χ1n) is 5.41. The molecule has 1 aromatic heterocycles. The number of nitrogens with zero attached hydrogens (tertiary/aromatic N) is 3. The number of aryl methyl sites for hydroxylation is 1. The van der Waals surface area contributed by atoms with Gasteiger partial charge >= 0.3 is 0 Å². The van der Waals surface area contributed by atoms with Gasteiger partial charge in [-0.15, -0.1) is 0 Å². The van der Waals surface area contributed by atoms with Crippen LogP contribution in [0.2, 0.25) is 5.02 Å². The van der Waals surface area contributed by atoms with Crippen molar-refractivity contribution in [2.24, 2.45) is 5.84 Å². The van der Waals surface area contributed by atoms with E-state index in [1.54, 1.807) is 6.07 Å². The zero-order valence-electron chi connectivity index (χ0n) is 10.1. The van der Waals surface area contributed by atoms with Gasteiger partial charge in [0, 0.05) is 0 Å². The number of halogens is 1. The van der Waals surface area contributed by atoms with Gasteiger partial charge in [0.2, 0.25) is 5.95 Å². The summed E-state index contributed by atoms with van der Waals surface area (Å²) in [5.41, 5.74) is 4.38. The quantitative estimate of drug-likeness (QED) is 0.587. The molecule has 0 bridgehead atoms. The maximum Gasteiger partial charge on any atom is 0.239 e. The van der Waals surface area contributed by atoms with Crippen LogP contribution in [0.15, 0.2) is 24.4 Å². The van der Waals surface area contributed by atoms with E-state index in [2.05, 4.69) is 26.8 Å². The lowest BCUT2D eigenvalue weighted by Gasteiger charge is -2.11. The molecule has 0 aliphatic carbocycles. The second-order valence-corrected chi connectivity index (χ2v) is 4.18. The largest absolute Gasteiger partial charge is 0.338 e. The summed E-state index contributed by atoms with van der Waals surface area (Å²) in [5, 5.41) is 12.5. The molecule has 7 heteroatoms. The molecule has 19 heavy (non-hydrogen) atoms. The van der Waals surface area contributed by atoms with E-state index in [1.807, 2.05) is 19.1 Å². The average Bonchev–Trinajstić information content (AvgIpc) is 2.41. The Morgan fingerprint density at radius 2 is 2.21 bits per heavy atom. The highest BCUT2D eigenvalue weighted by atomic mass is 35.5. The Kier molecular flexibility index (Phi) is 3.80. The molecule has 1 heterocycles. The molecule has 0 saturated heterocycles. The van der Waals surface area contributed by atoms with Crippen LogP contribution in [0.4, 0.5) is 17.5 Å². The average molecular weight is 275 g/mol. The first-order valence-corrected chi connectivity index (χ1v) is 5.79. The van der Waals surface area contributed by atoms with Crippen molar-refractivity contribution in [3.63, 3.8) is 0 Å². The monoisotopic (exact) mass is 274 g/mol. The van der Waals surface area contributed by atoms with Gasteiger partial charge in [-0.3, -0.25) is 5.43 Å². The molecule has 0 amide bonds. The molecular weight excluding hydrogens is 264 g/mol. The van der Waals surface area contributed by atoms with Gasteiger partial charge in [0.1, 0.15) is 11.1 Å². The van der Waals surface area contributed by atoms with Crippen molar-refractivity contribution in [3.8, 4) is 6.07 Å². The first kappa shape index (κ1) is 13.1. The molecule has 2 rings (SSSR count). The number of anilines is 3. The fourth-order valence-electron chi connectivity index (χ4n) is 1.57. The molecule has 0 aliphatic rings. The summed E-state index contributed by atoms with van der Waals surface area (Å²) in [6.07, 6.45) is 1.42. The minimum atomic E-state index is 0.234. The highest BCUT2D eigenvalue weighted by molar-refractivity contribution is 6.32. The van der Waals surface area contributed by atoms with E-state index in [0.717, 1.165) is 5.56 Å². The van der Waals surface area contributed by atoms with E-state index in [-0.39, 0.29) is 5.95 Å². The van der Waals surface area contributed by atoms with E-state index in [9.17, 15) is 0 Å². The van der Waals surface area contributed by atoms with Crippen LogP contribution in [-0.2, 0) is 0 Å². The summed E-state index contributed by atoms with van der Waals surface area (Å²) in [5.74, 6) is 5.86. The van der Waals surface area contributed by atoms with Crippen LogP contribution < -0.4 is 16.6 Å². The standard InChI is InChI=1S/C12H11ClN6/c1-7-3-2-4-10(8(7)5-14)17-11-9(13)6-16-12(18-11)19-15/h2-4,6H,15H2,1H3,(H2,16,17,18,19). The highest BCUT2D eigenvalue weighted by Crippen LogP contribution is 2.26. The van der Waals surface area contributed by atoms with Crippen LogP contribution >= 0.6 is 11.6 Å². The molecule has 0 atom stereocenters. The number of nitriles is 1. The van der Waals surface area contributed by atoms with Gasteiger partial charge in [-0.25, -0.2) is 10.8 Å². The maximum absolute atomic E-state index is 9.16. The normalized spacial score (nSPS) is 9.79. The van der Waals surface area contributed by atoms with Crippen LogP contribution in [0, 0.1) is 18.3 Å². The Morgan fingerprint density at radius 1 is 1.42 bits per heavy atom. The molecule has 0 aliphatic heterocycles. The van der Waals surface area contributed by atoms with E-state index in [0.29, 0.717) is 22.1 Å². The first-order chi connectivity index (χ1) is 9.15. The van der Waals surface area contributed by atoms with Gasteiger partial charge in [-0.05, 0) is 18.6 Å². The van der Waals surface area contributed by atoms with Crippen molar-refractivity contribution in [3.05, 3.63) is 40.5 Å². The summed E-state index contributed by atoms with van der Waals surface area (Å²) in [4.78, 5) is 7.97. The highest BCUT2D eigenvalue weighted by Gasteiger charge is 2.09. The lowest BCUT2D eigenvalue weighted by atomic mass is 10.1. The van der Waals surface area contributed by atoms with Crippen molar-refractivity contribution in [1.29, 1.82) is 5.26 Å². The topological polar surface area (TPSA) is 99.7 Å². The Balaban J connectivity index is 2.42. The van der Waals surface area contributed by atoms with Crippen LogP contribution in [0.25, 0.3) is 0 Å². The molecule has 4 N–H and O–H groups in total. The molecule has 0 fully saturated rings. The third-order valence-corrected chi connectivity index (χ3v) is 2.79. The zero-order valence-corrected chi connectivity index (χ0v) is 10.9. The minimum absolute atomic E-state index is 0.234. The zero-order chi connectivity index (χ0) is 13.8. The SMILES string of the molecule is Cc1cccc(Nc2nc(NN)ncc2Cl)c1C#N. The summed E-state index contributed by atoms with van der Waals surface area (Å²) in [6, 6.07) is 7.62. The third kappa shape index (κ3) is 2.73. The van der Waals surface area contributed by atoms with E-state index < -0.39 is 0 Å². The minimum Gasteiger partial charge on any atom is -0.338 e. The van der Waals surface area contributed by atoms with Gasteiger partial charge in [-0.1, -0.05) is 23.7 Å². The Morgan fingerprint density at radius 3 is 2.89 bits per heavy atom. The fourth-order valence-corrected chi connectivity index (χ4v) is 1.71. The molecule has 0 unspecified atom stereocenters. The molecule has 6 nitrogen and oxygen atoms in total. The number of hydrazine groups is 1. The van der Waals surface area contributed by atoms with Crippen molar-refractivity contribution in [1.82, 2.24) is 9.97 Å². The predicted molar refractivity (Wildman–Crippen MR) is 74.0 cm³/mol. The molecular formula is C12H11ClN6. The van der Waals surface area contributed by atoms with Crippen molar-refractivity contribution in [2.45, 2.75) is 6.92 Å². The Bertz CT molecular complexity index is 649. The number of hydrogen-bond donors (Lipinski definition) is 3. The van der Waals surface area contributed by atoms with Crippen LogP contribution in [0.3, 0.4) is 0 Å². The molecule has 2 aromatic rings. The van der Waals surface area contributed by atoms with Crippen molar-refractivity contribution < 1.29 is 0 Å². The van der Waals surface area contributed by atoms with Crippen LogP contribution in [0.5, 0.6) is 0 Å². The lowest BCUT2D eigenvalue weighted by molar-refractivity contribution is 1.12. The molecule has 96 valence electrons.